The first-order valence-electron chi connectivity index (χ1n) is 7.96. The number of aryl methyl sites for hydroxylation is 2. The third-order valence-electron chi connectivity index (χ3n) is 4.27. The first kappa shape index (κ1) is 18.6. The van der Waals surface area contributed by atoms with Gasteiger partial charge in [-0.25, -0.2) is 4.98 Å². The Hall–Kier alpha value is -3.23. The summed E-state index contributed by atoms with van der Waals surface area (Å²) in [6.45, 7) is 3.50. The van der Waals surface area contributed by atoms with Crippen LogP contribution in [0.4, 0.5) is 24.7 Å². The van der Waals surface area contributed by atoms with Crippen LogP contribution in [0.15, 0.2) is 30.6 Å². The van der Waals surface area contributed by atoms with E-state index in [1.165, 1.54) is 11.7 Å². The molecule has 2 heterocycles. The van der Waals surface area contributed by atoms with Gasteiger partial charge in [-0.15, -0.1) is 0 Å². The lowest BCUT2D eigenvalue weighted by atomic mass is 10.1. The van der Waals surface area contributed by atoms with Crippen molar-refractivity contribution in [2.45, 2.75) is 20.0 Å². The summed E-state index contributed by atoms with van der Waals surface area (Å²) >= 11 is 0. The molecule has 27 heavy (non-hydrogen) atoms. The molecule has 0 aliphatic carbocycles. The monoisotopic (exact) mass is 377 g/mol. The van der Waals surface area contributed by atoms with E-state index >= 15 is 0 Å². The average Bonchev–Trinajstić information content (AvgIpc) is 2.89. The Labute approximate surface area is 153 Å². The molecule has 0 saturated carbocycles. The summed E-state index contributed by atoms with van der Waals surface area (Å²) in [6, 6.07) is 3.51. The number of nitrogens with two attached hydrogens (primary N) is 2. The number of benzene rings is 1. The van der Waals surface area contributed by atoms with E-state index in [2.05, 4.69) is 9.97 Å². The molecule has 0 spiro atoms. The van der Waals surface area contributed by atoms with Crippen molar-refractivity contribution >= 4 is 11.5 Å². The minimum atomic E-state index is -4.58. The van der Waals surface area contributed by atoms with Crippen LogP contribution in [0.5, 0.6) is 5.75 Å². The van der Waals surface area contributed by atoms with E-state index in [1.807, 2.05) is 6.92 Å². The van der Waals surface area contributed by atoms with Crippen LogP contribution >= 0.6 is 0 Å². The summed E-state index contributed by atoms with van der Waals surface area (Å²) in [4.78, 5) is 8.47. The van der Waals surface area contributed by atoms with Crippen molar-refractivity contribution < 1.29 is 17.9 Å². The molecule has 0 bridgehead atoms. The van der Waals surface area contributed by atoms with Crippen LogP contribution in [0.1, 0.15) is 16.8 Å². The number of anilines is 2. The summed E-state index contributed by atoms with van der Waals surface area (Å²) in [7, 11) is 1.26. The number of ether oxygens (including phenoxy) is 1. The zero-order chi connectivity index (χ0) is 19.9. The van der Waals surface area contributed by atoms with E-state index < -0.39 is 11.7 Å². The van der Waals surface area contributed by atoms with E-state index in [1.54, 1.807) is 25.4 Å². The highest BCUT2D eigenvalue weighted by molar-refractivity contribution is 5.75. The number of nitrogens with zero attached hydrogens (tertiary/aromatic N) is 3. The fraction of sp³-hybridized carbons (Fsp3) is 0.222. The van der Waals surface area contributed by atoms with Gasteiger partial charge in [0, 0.05) is 18.0 Å². The maximum atomic E-state index is 13.4. The SMILES string of the molecule is COc1cc(C(F)(F)F)cc(-n2c(-c3ccncc3C)nc(C)c2N)c1N. The molecule has 0 aliphatic heterocycles. The highest BCUT2D eigenvalue weighted by Crippen LogP contribution is 2.40. The van der Waals surface area contributed by atoms with E-state index in [0.29, 0.717) is 17.1 Å². The van der Waals surface area contributed by atoms with Gasteiger partial charge in [0.05, 0.1) is 29.7 Å². The summed E-state index contributed by atoms with van der Waals surface area (Å²) in [5, 5.41) is 0. The second-order valence-corrected chi connectivity index (χ2v) is 6.04. The third-order valence-corrected chi connectivity index (χ3v) is 4.27. The minimum Gasteiger partial charge on any atom is -0.495 e. The number of nitrogen functional groups attached to an aromatic ring is 2. The fourth-order valence-electron chi connectivity index (χ4n) is 2.82. The molecule has 1 aromatic carbocycles. The highest BCUT2D eigenvalue weighted by atomic mass is 19.4. The molecule has 6 nitrogen and oxygen atoms in total. The van der Waals surface area contributed by atoms with Crippen LogP contribution in [0.3, 0.4) is 0 Å². The maximum absolute atomic E-state index is 13.4. The Kier molecular flexibility index (Phi) is 4.46. The number of rotatable bonds is 3. The van der Waals surface area contributed by atoms with Crippen molar-refractivity contribution in [2.75, 3.05) is 18.6 Å². The lowest BCUT2D eigenvalue weighted by Gasteiger charge is -2.18. The molecule has 0 unspecified atom stereocenters. The molecule has 2 aromatic heterocycles. The molecule has 9 heteroatoms. The van der Waals surface area contributed by atoms with Crippen molar-refractivity contribution in [1.82, 2.24) is 14.5 Å². The molecule has 0 aliphatic rings. The van der Waals surface area contributed by atoms with E-state index in [-0.39, 0.29) is 22.9 Å². The lowest BCUT2D eigenvalue weighted by Crippen LogP contribution is -2.12. The molecular weight excluding hydrogens is 359 g/mol. The Morgan fingerprint density at radius 1 is 1.15 bits per heavy atom. The largest absolute Gasteiger partial charge is 0.495 e. The van der Waals surface area contributed by atoms with Crippen LogP contribution in [0, 0.1) is 13.8 Å². The predicted octanol–water partition coefficient (Wildman–Crippen LogP) is 3.74. The van der Waals surface area contributed by atoms with E-state index in [9.17, 15) is 13.2 Å². The van der Waals surface area contributed by atoms with Gasteiger partial charge in [-0.2, -0.15) is 13.2 Å². The highest BCUT2D eigenvalue weighted by Gasteiger charge is 2.33. The molecule has 0 fully saturated rings. The summed E-state index contributed by atoms with van der Waals surface area (Å²) in [5.74, 6) is 0.468. The van der Waals surface area contributed by atoms with Gasteiger partial charge in [0.2, 0.25) is 0 Å². The second-order valence-electron chi connectivity index (χ2n) is 6.04. The minimum absolute atomic E-state index is 0.0301. The Bertz CT molecular complexity index is 1010. The molecule has 0 radical (unpaired) electrons. The quantitative estimate of drug-likeness (QED) is 0.679. The standard InChI is InChI=1S/C18H18F3N5O/c1-9-8-24-5-4-12(9)17-25-10(2)16(23)26(17)13-6-11(18(19,20)21)7-14(27-3)15(13)22/h4-8H,22-23H2,1-3H3. The van der Waals surface area contributed by atoms with Gasteiger partial charge >= 0.3 is 6.18 Å². The number of hydrogen-bond donors (Lipinski definition) is 2. The van der Waals surface area contributed by atoms with E-state index in [4.69, 9.17) is 16.2 Å². The second kappa shape index (κ2) is 6.49. The van der Waals surface area contributed by atoms with Gasteiger partial charge in [0.1, 0.15) is 17.4 Å². The first-order chi connectivity index (χ1) is 12.6. The van der Waals surface area contributed by atoms with Crippen LogP contribution in [-0.2, 0) is 6.18 Å². The Balaban J connectivity index is 2.37. The topological polar surface area (TPSA) is 92.0 Å². The molecule has 0 atom stereocenters. The Morgan fingerprint density at radius 2 is 1.85 bits per heavy atom. The number of methoxy groups -OCH3 is 1. The number of imidazole rings is 1. The Morgan fingerprint density at radius 3 is 2.44 bits per heavy atom. The molecule has 0 saturated heterocycles. The number of halogens is 3. The molecule has 142 valence electrons. The number of hydrogen-bond acceptors (Lipinski definition) is 5. The fourth-order valence-corrected chi connectivity index (χ4v) is 2.82. The van der Waals surface area contributed by atoms with Crippen molar-refractivity contribution in [3.8, 4) is 22.8 Å². The smallest absolute Gasteiger partial charge is 0.416 e. The summed E-state index contributed by atoms with van der Waals surface area (Å²) in [5.41, 5.74) is 13.4. The van der Waals surface area contributed by atoms with Crippen molar-refractivity contribution in [3.05, 3.63) is 47.4 Å². The third kappa shape index (κ3) is 3.16. The number of alkyl halides is 3. The molecular formula is C18H18F3N5O. The van der Waals surface area contributed by atoms with Gasteiger partial charge in [-0.1, -0.05) is 0 Å². The first-order valence-corrected chi connectivity index (χ1v) is 7.96. The summed E-state index contributed by atoms with van der Waals surface area (Å²) in [6.07, 6.45) is -1.37. The maximum Gasteiger partial charge on any atom is 0.416 e. The predicted molar refractivity (Wildman–Crippen MR) is 96.6 cm³/mol. The average molecular weight is 377 g/mol. The van der Waals surface area contributed by atoms with Crippen LogP contribution in [-0.4, -0.2) is 21.6 Å². The van der Waals surface area contributed by atoms with Crippen molar-refractivity contribution in [2.24, 2.45) is 0 Å². The van der Waals surface area contributed by atoms with Gasteiger partial charge < -0.3 is 16.2 Å². The van der Waals surface area contributed by atoms with Gasteiger partial charge in [0.15, 0.2) is 0 Å². The van der Waals surface area contributed by atoms with Crippen molar-refractivity contribution in [3.63, 3.8) is 0 Å². The zero-order valence-electron chi connectivity index (χ0n) is 14.9. The van der Waals surface area contributed by atoms with E-state index in [0.717, 1.165) is 17.7 Å². The number of pyridine rings is 1. The summed E-state index contributed by atoms with van der Waals surface area (Å²) < 4.78 is 46.5. The van der Waals surface area contributed by atoms with Crippen LogP contribution in [0.25, 0.3) is 17.1 Å². The number of aromatic nitrogens is 3. The van der Waals surface area contributed by atoms with Crippen molar-refractivity contribution in [1.29, 1.82) is 0 Å². The van der Waals surface area contributed by atoms with Crippen LogP contribution in [0.2, 0.25) is 0 Å². The van der Waals surface area contributed by atoms with Gasteiger partial charge in [0.25, 0.3) is 0 Å². The molecule has 0 amide bonds. The van der Waals surface area contributed by atoms with Gasteiger partial charge in [-0.05, 0) is 37.6 Å². The molecule has 3 rings (SSSR count). The van der Waals surface area contributed by atoms with Gasteiger partial charge in [-0.3, -0.25) is 9.55 Å². The normalized spacial score (nSPS) is 11.6. The van der Waals surface area contributed by atoms with Crippen LogP contribution < -0.4 is 16.2 Å². The zero-order valence-corrected chi connectivity index (χ0v) is 14.9. The lowest BCUT2D eigenvalue weighted by molar-refractivity contribution is -0.137. The molecule has 3 aromatic rings. The molecule has 4 N–H and O–H groups in total.